The molecule has 1 rings (SSSR count). The number of rotatable bonds is 2. The number of anilines is 1. The minimum absolute atomic E-state index is 0.414. The predicted octanol–water partition coefficient (Wildman–Crippen LogP) is 3.84. The summed E-state index contributed by atoms with van der Waals surface area (Å²) < 4.78 is 48.5. The first-order valence-corrected chi connectivity index (χ1v) is 6.24. The lowest BCUT2D eigenvalue weighted by Crippen LogP contribution is -2.29. The Hall–Kier alpha value is -2.25. The number of methoxy groups -OCH3 is 1. The summed E-state index contributed by atoms with van der Waals surface area (Å²) >= 11 is 0. The van der Waals surface area contributed by atoms with Crippen LogP contribution in [0.15, 0.2) is 18.2 Å². The zero-order valence-corrected chi connectivity index (χ0v) is 12.5. The summed E-state index contributed by atoms with van der Waals surface area (Å²) in [5.74, 6) is -1.00. The molecule has 1 aromatic carbocycles. The second-order valence-corrected chi connectivity index (χ2v) is 5.34. The summed E-state index contributed by atoms with van der Waals surface area (Å²) in [7, 11) is 1.03. The highest BCUT2D eigenvalue weighted by molar-refractivity contribution is 6.00. The maximum absolute atomic E-state index is 13.0. The normalized spacial score (nSPS) is 11.8. The lowest BCUT2D eigenvalue weighted by molar-refractivity contribution is -0.136. The van der Waals surface area contributed by atoms with Crippen molar-refractivity contribution in [1.29, 1.82) is 0 Å². The maximum atomic E-state index is 13.0. The Bertz CT molecular complexity index is 576. The topological polar surface area (TPSA) is 64.6 Å². The van der Waals surface area contributed by atoms with Crippen LogP contribution in [0.1, 0.15) is 36.7 Å². The van der Waals surface area contributed by atoms with Crippen molar-refractivity contribution in [3.63, 3.8) is 0 Å². The van der Waals surface area contributed by atoms with Gasteiger partial charge in [0.2, 0.25) is 0 Å². The Labute approximate surface area is 125 Å². The Morgan fingerprint density at radius 1 is 1.14 bits per heavy atom. The van der Waals surface area contributed by atoms with E-state index in [-0.39, 0.29) is 0 Å². The average Bonchev–Trinajstić information content (AvgIpc) is 2.34. The second kappa shape index (κ2) is 6.25. The molecule has 1 N–H and O–H groups in total. The molecule has 0 heterocycles. The van der Waals surface area contributed by atoms with Gasteiger partial charge in [-0.15, -0.1) is 0 Å². The van der Waals surface area contributed by atoms with Crippen LogP contribution in [0.25, 0.3) is 0 Å². The van der Waals surface area contributed by atoms with Crippen LogP contribution in [-0.4, -0.2) is 24.8 Å². The van der Waals surface area contributed by atoms with E-state index in [0.717, 1.165) is 25.3 Å². The molecular weight excluding hydrogens is 303 g/mol. The number of nitrogens with one attached hydrogen (secondary N) is 1. The number of hydrogen-bond donors (Lipinski definition) is 1. The number of alkyl halides is 3. The molecule has 0 aliphatic rings. The van der Waals surface area contributed by atoms with Crippen LogP contribution in [0.3, 0.4) is 0 Å². The molecule has 1 amide bonds. The third-order valence-corrected chi connectivity index (χ3v) is 2.40. The van der Waals surface area contributed by atoms with Gasteiger partial charge in [0.05, 0.1) is 23.9 Å². The van der Waals surface area contributed by atoms with Gasteiger partial charge in [-0.05, 0) is 32.9 Å². The lowest BCUT2D eigenvalue weighted by Gasteiger charge is -2.21. The van der Waals surface area contributed by atoms with Gasteiger partial charge >= 0.3 is 18.2 Å². The minimum atomic E-state index is -4.76. The number of carbonyl (C=O) groups is 2. The van der Waals surface area contributed by atoms with E-state index in [1.54, 1.807) is 20.8 Å². The standard InChI is InChI=1S/C14H16F3NO4/c1-13(2,3)22-12(20)18-10-8(11(19)21-4)6-5-7-9(10)14(15,16)17/h5-7H,1-4H3,(H,18,20). The molecule has 0 fully saturated rings. The minimum Gasteiger partial charge on any atom is -0.465 e. The Balaban J connectivity index is 3.29. The van der Waals surface area contributed by atoms with Gasteiger partial charge in [-0.25, -0.2) is 9.59 Å². The SMILES string of the molecule is COC(=O)c1cccc(C(F)(F)F)c1NC(=O)OC(C)(C)C. The highest BCUT2D eigenvalue weighted by Crippen LogP contribution is 2.37. The van der Waals surface area contributed by atoms with E-state index in [0.29, 0.717) is 0 Å². The molecule has 0 saturated heterocycles. The average molecular weight is 319 g/mol. The van der Waals surface area contributed by atoms with Crippen LogP contribution in [0.4, 0.5) is 23.7 Å². The fourth-order valence-electron chi connectivity index (χ4n) is 1.61. The van der Waals surface area contributed by atoms with E-state index in [1.165, 1.54) is 0 Å². The number of amides is 1. The summed E-state index contributed by atoms with van der Waals surface area (Å²) in [6.07, 6.45) is -5.86. The zero-order valence-electron chi connectivity index (χ0n) is 12.5. The molecule has 0 aromatic heterocycles. The number of benzene rings is 1. The quantitative estimate of drug-likeness (QED) is 0.841. The number of carbonyl (C=O) groups excluding carboxylic acids is 2. The third-order valence-electron chi connectivity index (χ3n) is 2.40. The zero-order chi connectivity index (χ0) is 17.1. The van der Waals surface area contributed by atoms with Gasteiger partial charge in [0, 0.05) is 0 Å². The number of para-hydroxylation sites is 1. The first-order valence-electron chi connectivity index (χ1n) is 6.24. The Morgan fingerprint density at radius 2 is 1.73 bits per heavy atom. The summed E-state index contributed by atoms with van der Waals surface area (Å²) in [6.45, 7) is 4.68. The number of ether oxygens (including phenoxy) is 2. The molecule has 8 heteroatoms. The van der Waals surface area contributed by atoms with Crippen LogP contribution in [0.5, 0.6) is 0 Å². The van der Waals surface area contributed by atoms with E-state index >= 15 is 0 Å². The van der Waals surface area contributed by atoms with Gasteiger partial charge in [-0.1, -0.05) is 6.07 Å². The van der Waals surface area contributed by atoms with Crippen molar-refractivity contribution in [2.45, 2.75) is 32.5 Å². The summed E-state index contributed by atoms with van der Waals surface area (Å²) in [4.78, 5) is 23.3. The van der Waals surface area contributed by atoms with Crippen molar-refractivity contribution < 1.29 is 32.2 Å². The molecule has 122 valence electrons. The van der Waals surface area contributed by atoms with Crippen molar-refractivity contribution in [3.8, 4) is 0 Å². The van der Waals surface area contributed by atoms with Crippen molar-refractivity contribution >= 4 is 17.7 Å². The summed E-state index contributed by atoms with van der Waals surface area (Å²) in [6, 6.07) is 2.92. The molecule has 0 unspecified atom stereocenters. The third kappa shape index (κ3) is 4.64. The molecular formula is C14H16F3NO4. The maximum Gasteiger partial charge on any atom is 0.418 e. The Morgan fingerprint density at radius 3 is 2.18 bits per heavy atom. The van der Waals surface area contributed by atoms with E-state index in [9.17, 15) is 22.8 Å². The van der Waals surface area contributed by atoms with Crippen LogP contribution in [0, 0.1) is 0 Å². The molecule has 22 heavy (non-hydrogen) atoms. The van der Waals surface area contributed by atoms with Gasteiger partial charge in [0.25, 0.3) is 0 Å². The largest absolute Gasteiger partial charge is 0.465 e. The first kappa shape index (κ1) is 17.8. The van der Waals surface area contributed by atoms with E-state index < -0.39 is 40.7 Å². The van der Waals surface area contributed by atoms with Gasteiger partial charge < -0.3 is 9.47 Å². The number of esters is 1. The van der Waals surface area contributed by atoms with Gasteiger partial charge in [-0.3, -0.25) is 5.32 Å². The predicted molar refractivity (Wildman–Crippen MR) is 72.6 cm³/mol. The fourth-order valence-corrected chi connectivity index (χ4v) is 1.61. The highest BCUT2D eigenvalue weighted by atomic mass is 19.4. The molecule has 0 atom stereocenters. The molecule has 0 saturated carbocycles. The van der Waals surface area contributed by atoms with Crippen molar-refractivity contribution in [2.75, 3.05) is 12.4 Å². The number of hydrogen-bond acceptors (Lipinski definition) is 4. The second-order valence-electron chi connectivity index (χ2n) is 5.34. The number of halogens is 3. The highest BCUT2D eigenvalue weighted by Gasteiger charge is 2.36. The molecule has 0 bridgehead atoms. The molecule has 0 aliphatic carbocycles. The lowest BCUT2D eigenvalue weighted by atomic mass is 10.1. The van der Waals surface area contributed by atoms with E-state index in [4.69, 9.17) is 4.74 Å². The smallest absolute Gasteiger partial charge is 0.418 e. The molecule has 0 aliphatic heterocycles. The van der Waals surface area contributed by atoms with Crippen LogP contribution in [-0.2, 0) is 15.7 Å². The van der Waals surface area contributed by atoms with Crippen molar-refractivity contribution in [1.82, 2.24) is 0 Å². The fraction of sp³-hybridized carbons (Fsp3) is 0.429. The van der Waals surface area contributed by atoms with Gasteiger partial charge in [-0.2, -0.15) is 13.2 Å². The van der Waals surface area contributed by atoms with E-state index in [2.05, 4.69) is 4.74 Å². The molecule has 1 aromatic rings. The van der Waals surface area contributed by atoms with Crippen LogP contribution >= 0.6 is 0 Å². The van der Waals surface area contributed by atoms with Crippen molar-refractivity contribution in [2.24, 2.45) is 0 Å². The van der Waals surface area contributed by atoms with Gasteiger partial charge in [0.15, 0.2) is 0 Å². The van der Waals surface area contributed by atoms with Gasteiger partial charge in [0.1, 0.15) is 5.60 Å². The van der Waals surface area contributed by atoms with Crippen molar-refractivity contribution in [3.05, 3.63) is 29.3 Å². The molecule has 5 nitrogen and oxygen atoms in total. The molecule has 0 radical (unpaired) electrons. The molecule has 0 spiro atoms. The monoisotopic (exact) mass is 319 g/mol. The first-order chi connectivity index (χ1) is 9.95. The Kier molecular flexibility index (Phi) is 5.05. The summed E-state index contributed by atoms with van der Waals surface area (Å²) in [5.41, 5.74) is -3.18. The van der Waals surface area contributed by atoms with E-state index in [1.807, 2.05) is 5.32 Å². The summed E-state index contributed by atoms with van der Waals surface area (Å²) in [5, 5.41) is 1.98. The van der Waals surface area contributed by atoms with Crippen LogP contribution in [0.2, 0.25) is 0 Å². The van der Waals surface area contributed by atoms with Crippen LogP contribution < -0.4 is 5.32 Å².